The van der Waals surface area contributed by atoms with Crippen molar-refractivity contribution >= 4 is 62.7 Å². The second-order valence-electron chi connectivity index (χ2n) is 13.2. The van der Waals surface area contributed by atoms with Crippen molar-refractivity contribution in [3.05, 3.63) is 92.1 Å². The molecule has 1 amide bonds. The van der Waals surface area contributed by atoms with Crippen molar-refractivity contribution in [2.45, 2.75) is 53.5 Å². The van der Waals surface area contributed by atoms with Crippen LogP contribution in [-0.2, 0) is 20.5 Å². The summed E-state index contributed by atoms with van der Waals surface area (Å²) in [5.74, 6) is -0.478. The molecule has 1 unspecified atom stereocenters. The highest BCUT2D eigenvalue weighted by atomic mass is 35.5. The van der Waals surface area contributed by atoms with Gasteiger partial charge in [0.1, 0.15) is 22.8 Å². The lowest BCUT2D eigenvalue weighted by molar-refractivity contribution is 0.0686. The molecule has 12 heteroatoms. The average Bonchev–Trinajstić information content (AvgIpc) is 3.68. The molecule has 1 aliphatic rings. The minimum Gasteiger partial charge on any atom is -0.494 e. The second kappa shape index (κ2) is 12.5. The number of rotatable bonds is 8. The fourth-order valence-electron chi connectivity index (χ4n) is 7.58. The second-order valence-corrected chi connectivity index (χ2v) is 14.0. The molecular formula is C38H38Cl2N6O4. The Bertz CT molecular complexity index is 2360. The highest BCUT2D eigenvalue weighted by Gasteiger charge is 2.37. The summed E-state index contributed by atoms with van der Waals surface area (Å²) in [5.41, 5.74) is 9.16. The van der Waals surface area contributed by atoms with E-state index in [-0.39, 0.29) is 17.6 Å². The molecule has 50 heavy (non-hydrogen) atoms. The van der Waals surface area contributed by atoms with Crippen LogP contribution in [0.3, 0.4) is 0 Å². The molecule has 258 valence electrons. The van der Waals surface area contributed by atoms with Crippen LogP contribution in [-0.4, -0.2) is 54.0 Å². The Balaban J connectivity index is 1.38. The van der Waals surface area contributed by atoms with E-state index in [1.54, 1.807) is 30.3 Å². The maximum absolute atomic E-state index is 14.9. The molecule has 4 aromatic heterocycles. The molecule has 0 aliphatic carbocycles. The van der Waals surface area contributed by atoms with E-state index < -0.39 is 5.97 Å². The number of aromatic nitrogens is 5. The van der Waals surface area contributed by atoms with Crippen LogP contribution in [0, 0.1) is 27.7 Å². The Morgan fingerprint density at radius 2 is 1.74 bits per heavy atom. The first-order chi connectivity index (χ1) is 23.8. The Morgan fingerprint density at radius 1 is 1.02 bits per heavy atom. The van der Waals surface area contributed by atoms with Crippen molar-refractivity contribution in [2.24, 2.45) is 14.1 Å². The van der Waals surface area contributed by atoms with E-state index in [9.17, 15) is 14.7 Å². The SMILES string of the molecule is Cc1cc(OCCCc2c3n(c4c(-c5c(C)nn(C)c5C)c(Cl)ccc24)C(C)CN(c2ccnc4c2cc(C(=O)O)n4C)C3=O)cc(C)c1Cl. The van der Waals surface area contributed by atoms with Crippen LogP contribution in [0.25, 0.3) is 33.1 Å². The van der Waals surface area contributed by atoms with Gasteiger partial charge in [-0.05, 0) is 94.5 Å². The summed E-state index contributed by atoms with van der Waals surface area (Å²) < 4.78 is 11.7. The molecule has 0 bridgehead atoms. The maximum Gasteiger partial charge on any atom is 0.352 e. The van der Waals surface area contributed by atoms with E-state index in [0.717, 1.165) is 60.9 Å². The molecule has 7 rings (SSSR count). The third kappa shape index (κ3) is 5.24. The zero-order valence-electron chi connectivity index (χ0n) is 29.1. The number of hydrogen-bond donors (Lipinski definition) is 1. The van der Waals surface area contributed by atoms with Crippen LogP contribution in [0.1, 0.15) is 68.4 Å². The Kier molecular flexibility index (Phi) is 8.43. The number of fused-ring (bicyclic) bond motifs is 4. The van der Waals surface area contributed by atoms with Gasteiger partial charge in [-0.3, -0.25) is 9.48 Å². The first-order valence-corrected chi connectivity index (χ1v) is 17.3. The molecule has 10 nitrogen and oxygen atoms in total. The largest absolute Gasteiger partial charge is 0.494 e. The molecule has 1 N–H and O–H groups in total. The van der Waals surface area contributed by atoms with Gasteiger partial charge in [0.15, 0.2) is 0 Å². The topological polar surface area (TPSA) is 107 Å². The standard InChI is InChI=1S/C38H38Cl2N6O4/c1-19-15-24(16-20(2)33(19)40)50-14-8-9-25-26-10-11-28(39)32(31-22(4)42-44(7)23(31)5)34(26)46-21(3)18-45(37(47)35(25)46)29-12-13-41-36-27(29)17-30(38(48)49)43(36)6/h10-13,15-17,21H,8-9,14,18H2,1-7H3,(H,48,49). The zero-order chi connectivity index (χ0) is 35.8. The normalized spacial score (nSPS) is 14.6. The highest BCUT2D eigenvalue weighted by Crippen LogP contribution is 2.45. The van der Waals surface area contributed by atoms with Crippen LogP contribution in [0.4, 0.5) is 5.69 Å². The van der Waals surface area contributed by atoms with Gasteiger partial charge >= 0.3 is 5.97 Å². The molecule has 0 saturated heterocycles. The molecule has 1 atom stereocenters. The third-order valence-electron chi connectivity index (χ3n) is 9.98. The van der Waals surface area contributed by atoms with Gasteiger partial charge in [-0.2, -0.15) is 5.10 Å². The fraction of sp³-hybridized carbons (Fsp3) is 0.316. The fourth-order valence-corrected chi connectivity index (χ4v) is 7.94. The average molecular weight is 714 g/mol. The minimum absolute atomic E-state index is 0.0971. The van der Waals surface area contributed by atoms with Gasteiger partial charge in [-0.15, -0.1) is 0 Å². The van der Waals surface area contributed by atoms with Gasteiger partial charge in [0.05, 0.1) is 28.5 Å². The molecule has 1 aliphatic heterocycles. The molecule has 0 fully saturated rings. The highest BCUT2D eigenvalue weighted by molar-refractivity contribution is 6.35. The molecule has 6 aromatic rings. The summed E-state index contributed by atoms with van der Waals surface area (Å²) in [4.78, 5) is 33.2. The molecular weight excluding hydrogens is 675 g/mol. The molecule has 0 spiro atoms. The molecule has 0 saturated carbocycles. The summed E-state index contributed by atoms with van der Waals surface area (Å²) in [6, 6.07) is 11.0. The number of pyridine rings is 1. The number of anilines is 1. The zero-order valence-corrected chi connectivity index (χ0v) is 30.6. The van der Waals surface area contributed by atoms with E-state index in [1.165, 1.54) is 4.57 Å². The first-order valence-electron chi connectivity index (χ1n) is 16.5. The number of aryl methyl sites for hydroxylation is 6. The third-order valence-corrected chi connectivity index (χ3v) is 10.9. The van der Waals surface area contributed by atoms with Crippen molar-refractivity contribution < 1.29 is 19.4 Å². The molecule has 0 radical (unpaired) electrons. The summed E-state index contributed by atoms with van der Waals surface area (Å²) in [6.07, 6.45) is 2.84. The van der Waals surface area contributed by atoms with Crippen molar-refractivity contribution in [2.75, 3.05) is 18.1 Å². The lowest BCUT2D eigenvalue weighted by Gasteiger charge is -2.34. The van der Waals surface area contributed by atoms with E-state index in [0.29, 0.717) is 53.4 Å². The van der Waals surface area contributed by atoms with Crippen LogP contribution < -0.4 is 9.64 Å². The van der Waals surface area contributed by atoms with E-state index in [2.05, 4.69) is 16.5 Å². The van der Waals surface area contributed by atoms with Crippen LogP contribution in [0.2, 0.25) is 10.0 Å². The van der Waals surface area contributed by atoms with E-state index >= 15 is 0 Å². The summed E-state index contributed by atoms with van der Waals surface area (Å²) in [5, 5.41) is 17.4. The quantitative estimate of drug-likeness (QED) is 0.159. The van der Waals surface area contributed by atoms with Crippen molar-refractivity contribution in [3.63, 3.8) is 0 Å². The Labute approximate surface area is 299 Å². The molecule has 2 aromatic carbocycles. The smallest absolute Gasteiger partial charge is 0.352 e. The van der Waals surface area contributed by atoms with Crippen molar-refractivity contribution in [1.82, 2.24) is 23.9 Å². The number of amides is 1. The lowest BCUT2D eigenvalue weighted by Crippen LogP contribution is -2.42. The van der Waals surface area contributed by atoms with Crippen molar-refractivity contribution in [3.8, 4) is 16.9 Å². The van der Waals surface area contributed by atoms with Gasteiger partial charge in [-0.25, -0.2) is 9.78 Å². The number of carbonyl (C=O) groups excluding carboxylic acids is 1. The summed E-state index contributed by atoms with van der Waals surface area (Å²) >= 11 is 13.4. The van der Waals surface area contributed by atoms with Crippen LogP contribution >= 0.6 is 23.2 Å². The summed E-state index contributed by atoms with van der Waals surface area (Å²) in [6.45, 7) is 10.8. The summed E-state index contributed by atoms with van der Waals surface area (Å²) in [7, 11) is 3.59. The van der Waals surface area contributed by atoms with Crippen molar-refractivity contribution in [1.29, 1.82) is 0 Å². The number of ether oxygens (including phenoxy) is 1. The number of halogens is 2. The van der Waals surface area contributed by atoms with Gasteiger partial charge in [-0.1, -0.05) is 29.3 Å². The number of carboxylic acid groups (broad SMARTS) is 1. The van der Waals surface area contributed by atoms with E-state index in [4.69, 9.17) is 33.0 Å². The van der Waals surface area contributed by atoms with Gasteiger partial charge in [0.2, 0.25) is 0 Å². The first kappa shape index (κ1) is 33.7. The Hall–Kier alpha value is -4.80. The van der Waals surface area contributed by atoms with Gasteiger partial charge < -0.3 is 23.9 Å². The number of benzene rings is 2. The molecule has 5 heterocycles. The number of hydrogen-bond acceptors (Lipinski definition) is 5. The van der Waals surface area contributed by atoms with E-state index in [1.807, 2.05) is 63.7 Å². The number of carboxylic acids is 1. The maximum atomic E-state index is 14.9. The lowest BCUT2D eigenvalue weighted by atomic mass is 9.98. The van der Waals surface area contributed by atoms with Crippen LogP contribution in [0.15, 0.2) is 42.6 Å². The predicted octanol–water partition coefficient (Wildman–Crippen LogP) is 8.40. The monoisotopic (exact) mass is 712 g/mol. The van der Waals surface area contributed by atoms with Crippen LogP contribution in [0.5, 0.6) is 5.75 Å². The Morgan fingerprint density at radius 3 is 2.40 bits per heavy atom. The van der Waals surface area contributed by atoms with Gasteiger partial charge in [0.25, 0.3) is 5.91 Å². The minimum atomic E-state index is -1.06. The number of aromatic carboxylic acids is 1. The van der Waals surface area contributed by atoms with Gasteiger partial charge in [0, 0.05) is 65.5 Å². The number of carbonyl (C=O) groups is 2. The predicted molar refractivity (Wildman–Crippen MR) is 197 cm³/mol. The number of nitrogens with zero attached hydrogens (tertiary/aromatic N) is 6.